The third-order valence-electron chi connectivity index (χ3n) is 5.10. The third-order valence-corrected chi connectivity index (χ3v) is 6.55. The predicted octanol–water partition coefficient (Wildman–Crippen LogP) is 3.48. The van der Waals surface area contributed by atoms with E-state index in [-0.39, 0.29) is 17.4 Å². The van der Waals surface area contributed by atoms with Gasteiger partial charge in [0.05, 0.1) is 22.9 Å². The van der Waals surface area contributed by atoms with Gasteiger partial charge >= 0.3 is 0 Å². The summed E-state index contributed by atoms with van der Waals surface area (Å²) in [4.78, 5) is 12.9. The molecule has 0 atom stereocenters. The fraction of sp³-hybridized carbons (Fsp3) is 0.238. The Morgan fingerprint density at radius 1 is 1.07 bits per heavy atom. The molecule has 144 valence electrons. The van der Waals surface area contributed by atoms with Crippen molar-refractivity contribution in [1.29, 1.82) is 0 Å². The van der Waals surface area contributed by atoms with Crippen molar-refractivity contribution in [2.75, 3.05) is 5.32 Å². The molecule has 0 radical (unpaired) electrons. The van der Waals surface area contributed by atoms with Crippen LogP contribution in [-0.4, -0.2) is 24.1 Å². The van der Waals surface area contributed by atoms with Gasteiger partial charge in [0.15, 0.2) is 9.84 Å². The van der Waals surface area contributed by atoms with Crippen LogP contribution in [0.4, 0.5) is 5.82 Å². The van der Waals surface area contributed by atoms with Crippen molar-refractivity contribution in [3.05, 3.63) is 76.0 Å². The van der Waals surface area contributed by atoms with Gasteiger partial charge in [0.2, 0.25) is 0 Å². The number of aromatic nitrogens is 2. The minimum Gasteiger partial charge on any atom is -0.306 e. The molecule has 1 aliphatic rings. The van der Waals surface area contributed by atoms with Gasteiger partial charge in [-0.1, -0.05) is 29.8 Å². The number of anilines is 1. The SMILES string of the molecule is Cc1cccc(C(=O)Nc2c3c(nn2-c2cccc(C)c2C)CS(=O)(=O)C3)c1. The molecule has 7 heteroatoms. The Balaban J connectivity index is 1.83. The van der Waals surface area contributed by atoms with Gasteiger partial charge in [0.25, 0.3) is 5.91 Å². The monoisotopic (exact) mass is 395 g/mol. The maximum atomic E-state index is 12.9. The van der Waals surface area contributed by atoms with Crippen LogP contribution in [0.1, 0.15) is 38.3 Å². The molecule has 0 spiro atoms. The zero-order valence-corrected chi connectivity index (χ0v) is 16.8. The van der Waals surface area contributed by atoms with Crippen LogP contribution in [0, 0.1) is 20.8 Å². The molecule has 0 saturated carbocycles. The van der Waals surface area contributed by atoms with E-state index in [9.17, 15) is 13.2 Å². The summed E-state index contributed by atoms with van der Waals surface area (Å²) in [5, 5.41) is 7.46. The first-order valence-corrected chi connectivity index (χ1v) is 10.8. The normalized spacial score (nSPS) is 14.7. The molecule has 3 aromatic rings. The molecule has 28 heavy (non-hydrogen) atoms. The highest BCUT2D eigenvalue weighted by atomic mass is 32.2. The van der Waals surface area contributed by atoms with Gasteiger partial charge in [-0.05, 0) is 50.1 Å². The first kappa shape index (κ1) is 18.4. The molecule has 0 unspecified atom stereocenters. The number of nitrogens with one attached hydrogen (secondary N) is 1. The standard InChI is InChI=1S/C21H21N3O3S/c1-13-6-4-8-16(10-13)21(25)22-20-17-11-28(26,27)12-18(17)23-24(20)19-9-5-7-14(2)15(19)3/h4-10H,11-12H2,1-3H3,(H,22,25). The van der Waals surface area contributed by atoms with E-state index >= 15 is 0 Å². The molecule has 2 heterocycles. The molecular formula is C21H21N3O3S. The van der Waals surface area contributed by atoms with E-state index < -0.39 is 9.84 Å². The number of nitrogens with zero attached hydrogens (tertiary/aromatic N) is 2. The molecular weight excluding hydrogens is 374 g/mol. The van der Waals surface area contributed by atoms with Crippen LogP contribution in [-0.2, 0) is 21.3 Å². The third kappa shape index (κ3) is 3.22. The second kappa shape index (κ2) is 6.60. The molecule has 0 saturated heterocycles. The molecule has 0 aliphatic carbocycles. The average Bonchev–Trinajstić information content (AvgIpc) is 3.10. The van der Waals surface area contributed by atoms with Crippen LogP contribution >= 0.6 is 0 Å². The van der Waals surface area contributed by atoms with Crippen LogP contribution in [0.15, 0.2) is 42.5 Å². The van der Waals surface area contributed by atoms with E-state index in [1.807, 2.05) is 51.1 Å². The number of hydrogen-bond donors (Lipinski definition) is 1. The second-order valence-electron chi connectivity index (χ2n) is 7.26. The van der Waals surface area contributed by atoms with Gasteiger partial charge in [-0.3, -0.25) is 4.79 Å². The molecule has 0 bridgehead atoms. The molecule has 6 nitrogen and oxygen atoms in total. The van der Waals surface area contributed by atoms with Gasteiger partial charge in [0.1, 0.15) is 5.82 Å². The summed E-state index contributed by atoms with van der Waals surface area (Å²) in [5.74, 6) is -0.0806. The molecule has 2 aromatic carbocycles. The number of rotatable bonds is 3. The Morgan fingerprint density at radius 3 is 2.57 bits per heavy atom. The van der Waals surface area contributed by atoms with Crippen molar-refractivity contribution in [3.8, 4) is 5.69 Å². The van der Waals surface area contributed by atoms with E-state index in [1.165, 1.54) is 0 Å². The van der Waals surface area contributed by atoms with E-state index in [0.29, 0.717) is 22.6 Å². The van der Waals surface area contributed by atoms with E-state index in [0.717, 1.165) is 22.4 Å². The number of benzene rings is 2. The number of carbonyl (C=O) groups excluding carboxylic acids is 1. The van der Waals surface area contributed by atoms with Crippen LogP contribution in [0.2, 0.25) is 0 Å². The van der Waals surface area contributed by atoms with E-state index in [1.54, 1.807) is 16.8 Å². The number of carbonyl (C=O) groups is 1. The lowest BCUT2D eigenvalue weighted by molar-refractivity contribution is 0.102. The summed E-state index contributed by atoms with van der Waals surface area (Å²) < 4.78 is 25.9. The Kier molecular flexibility index (Phi) is 4.34. The fourth-order valence-corrected chi connectivity index (χ4v) is 4.97. The summed E-state index contributed by atoms with van der Waals surface area (Å²) in [6, 6.07) is 13.1. The Morgan fingerprint density at radius 2 is 1.82 bits per heavy atom. The van der Waals surface area contributed by atoms with Gasteiger partial charge < -0.3 is 5.32 Å². The number of aryl methyl sites for hydroxylation is 2. The Hall–Kier alpha value is -2.93. The minimum atomic E-state index is -3.24. The number of sulfone groups is 1. The van der Waals surface area contributed by atoms with Crippen molar-refractivity contribution >= 4 is 21.6 Å². The van der Waals surface area contributed by atoms with Gasteiger partial charge in [0, 0.05) is 11.1 Å². The molecule has 1 aromatic heterocycles. The van der Waals surface area contributed by atoms with Gasteiger partial charge in [-0.15, -0.1) is 0 Å². The Labute approximate surface area is 164 Å². The predicted molar refractivity (Wildman–Crippen MR) is 108 cm³/mol. The van der Waals surface area contributed by atoms with Crippen molar-refractivity contribution in [2.24, 2.45) is 0 Å². The smallest absolute Gasteiger partial charge is 0.256 e. The lowest BCUT2D eigenvalue weighted by atomic mass is 10.1. The summed E-state index contributed by atoms with van der Waals surface area (Å²) in [5.41, 5.74) is 5.51. The lowest BCUT2D eigenvalue weighted by Crippen LogP contribution is -2.17. The quantitative estimate of drug-likeness (QED) is 0.736. The molecule has 1 aliphatic heterocycles. The zero-order chi connectivity index (χ0) is 20.1. The van der Waals surface area contributed by atoms with Crippen molar-refractivity contribution in [2.45, 2.75) is 32.3 Å². The highest BCUT2D eigenvalue weighted by molar-refractivity contribution is 7.90. The van der Waals surface area contributed by atoms with Gasteiger partial charge in [-0.2, -0.15) is 5.10 Å². The number of hydrogen-bond acceptors (Lipinski definition) is 4. The second-order valence-corrected chi connectivity index (χ2v) is 9.33. The molecule has 1 N–H and O–H groups in total. The van der Waals surface area contributed by atoms with Gasteiger partial charge in [-0.25, -0.2) is 13.1 Å². The Bertz CT molecular complexity index is 1210. The average molecular weight is 395 g/mol. The summed E-state index contributed by atoms with van der Waals surface area (Å²) >= 11 is 0. The number of amides is 1. The van der Waals surface area contributed by atoms with Crippen molar-refractivity contribution in [3.63, 3.8) is 0 Å². The van der Waals surface area contributed by atoms with Crippen LogP contribution in [0.25, 0.3) is 5.69 Å². The molecule has 0 fully saturated rings. The highest BCUT2D eigenvalue weighted by Gasteiger charge is 2.33. The fourth-order valence-electron chi connectivity index (χ4n) is 3.48. The first-order valence-electron chi connectivity index (χ1n) is 9.01. The van der Waals surface area contributed by atoms with E-state index in [4.69, 9.17) is 0 Å². The lowest BCUT2D eigenvalue weighted by Gasteiger charge is -2.14. The van der Waals surface area contributed by atoms with Crippen LogP contribution < -0.4 is 5.32 Å². The minimum absolute atomic E-state index is 0.104. The molecule has 4 rings (SSSR count). The van der Waals surface area contributed by atoms with Crippen LogP contribution in [0.3, 0.4) is 0 Å². The maximum absolute atomic E-state index is 12.9. The zero-order valence-electron chi connectivity index (χ0n) is 16.0. The van der Waals surface area contributed by atoms with Crippen molar-refractivity contribution < 1.29 is 13.2 Å². The molecule has 1 amide bonds. The van der Waals surface area contributed by atoms with E-state index in [2.05, 4.69) is 10.4 Å². The largest absolute Gasteiger partial charge is 0.306 e. The topological polar surface area (TPSA) is 81.1 Å². The highest BCUT2D eigenvalue weighted by Crippen LogP contribution is 2.34. The number of fused-ring (bicyclic) bond motifs is 1. The van der Waals surface area contributed by atoms with Crippen LogP contribution in [0.5, 0.6) is 0 Å². The summed E-state index contributed by atoms with van der Waals surface area (Å²) in [6.45, 7) is 5.91. The first-order chi connectivity index (χ1) is 13.2. The maximum Gasteiger partial charge on any atom is 0.256 e. The van der Waals surface area contributed by atoms with Crippen molar-refractivity contribution in [1.82, 2.24) is 9.78 Å². The summed E-state index contributed by atoms with van der Waals surface area (Å²) in [6.07, 6.45) is 0. The summed E-state index contributed by atoms with van der Waals surface area (Å²) in [7, 11) is -3.24.